The zero-order chi connectivity index (χ0) is 12.8. The second-order valence-corrected chi connectivity index (χ2v) is 4.10. The van der Waals surface area contributed by atoms with Gasteiger partial charge in [0, 0.05) is 18.8 Å². The molecule has 0 N–H and O–H groups in total. The minimum atomic E-state index is 1.17. The molecule has 0 saturated heterocycles. The topological polar surface area (TPSA) is 4.93 Å². The van der Waals surface area contributed by atoms with Gasteiger partial charge >= 0.3 is 0 Å². The predicted octanol–water partition coefficient (Wildman–Crippen LogP) is 4.51. The lowest BCUT2D eigenvalue weighted by atomic mass is 10.2. The monoisotopic (exact) mass is 235 g/mol. The standard InChI is InChI=1S/C9H9N.C8H8/c1-10-7-6-8-4-2-3-5-9(8)10;1-2-8-6-4-3-5-7-8/h2-7H,1H3;2-7H,1H2. The summed E-state index contributed by atoms with van der Waals surface area (Å²) in [7, 11) is 2.06. The van der Waals surface area contributed by atoms with Gasteiger partial charge in [0.15, 0.2) is 0 Å². The van der Waals surface area contributed by atoms with Gasteiger partial charge in [-0.2, -0.15) is 0 Å². The van der Waals surface area contributed by atoms with Crippen LogP contribution in [0.2, 0.25) is 0 Å². The normalized spacial score (nSPS) is 9.61. The lowest BCUT2D eigenvalue weighted by Gasteiger charge is -1.92. The summed E-state index contributed by atoms with van der Waals surface area (Å²) in [4.78, 5) is 0. The Kier molecular flexibility index (Phi) is 3.98. The van der Waals surface area contributed by atoms with Crippen LogP contribution < -0.4 is 0 Å². The van der Waals surface area contributed by atoms with Gasteiger partial charge in [-0.25, -0.2) is 0 Å². The summed E-state index contributed by atoms with van der Waals surface area (Å²) >= 11 is 0. The summed E-state index contributed by atoms with van der Waals surface area (Å²) in [6, 6.07) is 20.5. The molecule has 0 aliphatic carbocycles. The largest absolute Gasteiger partial charge is 0.351 e. The number of rotatable bonds is 1. The fourth-order valence-corrected chi connectivity index (χ4v) is 1.81. The van der Waals surface area contributed by atoms with Gasteiger partial charge in [0.1, 0.15) is 0 Å². The van der Waals surface area contributed by atoms with Crippen molar-refractivity contribution in [3.63, 3.8) is 0 Å². The van der Waals surface area contributed by atoms with Gasteiger partial charge in [-0.05, 0) is 23.1 Å². The maximum Gasteiger partial charge on any atom is 0.0477 e. The molecule has 2 aromatic carbocycles. The van der Waals surface area contributed by atoms with E-state index in [4.69, 9.17) is 0 Å². The first kappa shape index (κ1) is 12.2. The fourth-order valence-electron chi connectivity index (χ4n) is 1.81. The van der Waals surface area contributed by atoms with Crippen molar-refractivity contribution in [3.05, 3.63) is 79.0 Å². The lowest BCUT2D eigenvalue weighted by Crippen LogP contribution is -1.81. The van der Waals surface area contributed by atoms with E-state index >= 15 is 0 Å². The van der Waals surface area contributed by atoms with Crippen molar-refractivity contribution in [1.29, 1.82) is 0 Å². The van der Waals surface area contributed by atoms with Crippen LogP contribution in [0.5, 0.6) is 0 Å². The summed E-state index contributed by atoms with van der Waals surface area (Å²) in [6.45, 7) is 3.63. The van der Waals surface area contributed by atoms with Crippen LogP contribution in [0.4, 0.5) is 0 Å². The van der Waals surface area contributed by atoms with E-state index in [-0.39, 0.29) is 0 Å². The number of benzene rings is 2. The number of fused-ring (bicyclic) bond motifs is 1. The van der Waals surface area contributed by atoms with Crippen LogP contribution in [0.3, 0.4) is 0 Å². The number of aryl methyl sites for hydroxylation is 1. The summed E-state index contributed by atoms with van der Waals surface area (Å²) in [5.41, 5.74) is 2.47. The Morgan fingerprint density at radius 1 is 0.889 bits per heavy atom. The van der Waals surface area contributed by atoms with Crippen molar-refractivity contribution in [3.8, 4) is 0 Å². The Balaban J connectivity index is 0.000000138. The van der Waals surface area contributed by atoms with Gasteiger partial charge in [-0.1, -0.05) is 61.2 Å². The molecule has 18 heavy (non-hydrogen) atoms. The lowest BCUT2D eigenvalue weighted by molar-refractivity contribution is 0.969. The first-order chi connectivity index (χ1) is 8.81. The molecule has 1 aromatic heterocycles. The van der Waals surface area contributed by atoms with Gasteiger partial charge in [0.25, 0.3) is 0 Å². The average molecular weight is 235 g/mol. The molecule has 0 radical (unpaired) electrons. The fraction of sp³-hybridized carbons (Fsp3) is 0.0588. The maximum atomic E-state index is 3.63. The number of para-hydroxylation sites is 1. The van der Waals surface area contributed by atoms with Crippen LogP contribution in [-0.4, -0.2) is 4.57 Å². The molecule has 0 bridgehead atoms. The average Bonchev–Trinajstić information content (AvgIpc) is 2.83. The summed E-state index contributed by atoms with van der Waals surface area (Å²) in [5, 5.41) is 1.31. The van der Waals surface area contributed by atoms with Crippen LogP contribution in [-0.2, 0) is 7.05 Å². The summed E-state index contributed by atoms with van der Waals surface area (Å²) in [5.74, 6) is 0. The van der Waals surface area contributed by atoms with E-state index in [0.29, 0.717) is 0 Å². The molecule has 1 nitrogen and oxygen atoms in total. The zero-order valence-corrected chi connectivity index (χ0v) is 10.6. The molecule has 0 unspecified atom stereocenters. The van der Waals surface area contributed by atoms with E-state index in [1.165, 1.54) is 16.5 Å². The predicted molar refractivity (Wildman–Crippen MR) is 79.5 cm³/mol. The van der Waals surface area contributed by atoms with Gasteiger partial charge in [-0.3, -0.25) is 0 Å². The van der Waals surface area contributed by atoms with Crippen LogP contribution in [0.1, 0.15) is 5.56 Å². The van der Waals surface area contributed by atoms with Crippen molar-refractivity contribution in [2.45, 2.75) is 0 Å². The third kappa shape index (κ3) is 2.89. The molecule has 0 amide bonds. The molecular weight excluding hydrogens is 218 g/mol. The highest BCUT2D eigenvalue weighted by molar-refractivity contribution is 5.79. The molecule has 90 valence electrons. The highest BCUT2D eigenvalue weighted by atomic mass is 14.9. The Morgan fingerprint density at radius 2 is 1.56 bits per heavy atom. The van der Waals surface area contributed by atoms with E-state index in [1.54, 1.807) is 0 Å². The Labute approximate surface area is 108 Å². The second kappa shape index (κ2) is 5.87. The number of hydrogen-bond donors (Lipinski definition) is 0. The van der Waals surface area contributed by atoms with Crippen molar-refractivity contribution >= 4 is 17.0 Å². The van der Waals surface area contributed by atoms with Crippen LogP contribution in [0.15, 0.2) is 73.4 Å². The van der Waals surface area contributed by atoms with Gasteiger partial charge < -0.3 is 4.57 Å². The Hall–Kier alpha value is -2.28. The zero-order valence-electron chi connectivity index (χ0n) is 10.6. The number of nitrogens with zero attached hydrogens (tertiary/aromatic N) is 1. The molecule has 0 saturated carbocycles. The quantitative estimate of drug-likeness (QED) is 0.585. The van der Waals surface area contributed by atoms with Gasteiger partial charge in [0.2, 0.25) is 0 Å². The van der Waals surface area contributed by atoms with E-state index < -0.39 is 0 Å². The van der Waals surface area contributed by atoms with E-state index in [9.17, 15) is 0 Å². The van der Waals surface area contributed by atoms with Crippen molar-refractivity contribution in [1.82, 2.24) is 4.57 Å². The molecule has 0 aliphatic heterocycles. The van der Waals surface area contributed by atoms with Crippen LogP contribution in [0, 0.1) is 0 Å². The van der Waals surface area contributed by atoms with Gasteiger partial charge in [0.05, 0.1) is 0 Å². The van der Waals surface area contributed by atoms with Crippen LogP contribution >= 0.6 is 0 Å². The third-order valence-electron chi connectivity index (χ3n) is 2.83. The minimum Gasteiger partial charge on any atom is -0.351 e. The Bertz CT molecular complexity index is 620. The molecular formula is C17H17N. The molecule has 3 rings (SSSR count). The van der Waals surface area contributed by atoms with Gasteiger partial charge in [-0.15, -0.1) is 0 Å². The molecule has 1 heterocycles. The highest BCUT2D eigenvalue weighted by Gasteiger charge is 1.92. The highest BCUT2D eigenvalue weighted by Crippen LogP contribution is 2.12. The second-order valence-electron chi connectivity index (χ2n) is 4.10. The van der Waals surface area contributed by atoms with Crippen molar-refractivity contribution in [2.24, 2.45) is 7.05 Å². The Morgan fingerprint density at radius 3 is 2.17 bits per heavy atom. The van der Waals surface area contributed by atoms with Crippen molar-refractivity contribution in [2.75, 3.05) is 0 Å². The van der Waals surface area contributed by atoms with E-state index in [1.807, 2.05) is 36.4 Å². The molecule has 1 heteroatoms. The first-order valence-electron chi connectivity index (χ1n) is 5.99. The minimum absolute atomic E-state index is 1.17. The molecule has 0 aliphatic rings. The third-order valence-corrected chi connectivity index (χ3v) is 2.83. The summed E-state index contributed by atoms with van der Waals surface area (Å²) < 4.78 is 2.12. The SMILES string of the molecule is C=Cc1ccccc1.Cn1ccc2ccccc21. The summed E-state index contributed by atoms with van der Waals surface area (Å²) in [6.07, 6.45) is 3.91. The van der Waals surface area contributed by atoms with Crippen LogP contribution in [0.25, 0.3) is 17.0 Å². The number of hydrogen-bond acceptors (Lipinski definition) is 0. The molecule has 0 spiro atoms. The van der Waals surface area contributed by atoms with E-state index in [0.717, 1.165) is 0 Å². The van der Waals surface area contributed by atoms with E-state index in [2.05, 4.69) is 54.7 Å². The molecule has 0 atom stereocenters. The first-order valence-corrected chi connectivity index (χ1v) is 5.99. The number of aromatic nitrogens is 1. The smallest absolute Gasteiger partial charge is 0.0477 e. The van der Waals surface area contributed by atoms with Crippen molar-refractivity contribution < 1.29 is 0 Å². The molecule has 0 fully saturated rings. The molecule has 3 aromatic rings. The maximum absolute atomic E-state index is 3.63.